The van der Waals surface area contributed by atoms with E-state index in [9.17, 15) is 4.79 Å². The third kappa shape index (κ3) is 1.80. The van der Waals surface area contributed by atoms with Crippen LogP contribution in [-0.4, -0.2) is 23.9 Å². The van der Waals surface area contributed by atoms with E-state index in [0.29, 0.717) is 10.1 Å². The molecule has 0 amide bonds. The maximum atomic E-state index is 10.5. The van der Waals surface area contributed by atoms with Gasteiger partial charge < -0.3 is 5.11 Å². The lowest BCUT2D eigenvalue weighted by Gasteiger charge is -1.98. The van der Waals surface area contributed by atoms with E-state index >= 15 is 0 Å². The van der Waals surface area contributed by atoms with E-state index in [2.05, 4.69) is 20.9 Å². The second-order valence-electron chi connectivity index (χ2n) is 2.13. The molecule has 1 aromatic rings. The zero-order valence-corrected chi connectivity index (χ0v) is 7.42. The third-order valence-electron chi connectivity index (χ3n) is 1.30. The highest BCUT2D eigenvalue weighted by Gasteiger charge is 2.06. The van der Waals surface area contributed by atoms with Crippen LogP contribution in [0.5, 0.6) is 0 Å². The Hall–Kier alpha value is -0.835. The van der Waals surface area contributed by atoms with Gasteiger partial charge in [-0.2, -0.15) is 0 Å². The molecule has 11 heavy (non-hydrogen) atoms. The second-order valence-corrected chi connectivity index (χ2v) is 2.94. The Morgan fingerprint density at radius 1 is 1.73 bits per heavy atom. The molecule has 0 radical (unpaired) electrons. The minimum atomic E-state index is -0.925. The van der Waals surface area contributed by atoms with Gasteiger partial charge in [0.15, 0.2) is 0 Å². The van der Waals surface area contributed by atoms with Crippen LogP contribution >= 0.6 is 15.9 Å². The molecule has 0 bridgehead atoms. The van der Waals surface area contributed by atoms with Gasteiger partial charge in [0.25, 0.3) is 0 Å². The molecule has 0 saturated carbocycles. The molecule has 1 rings (SSSR count). The lowest BCUT2D eigenvalue weighted by Crippen LogP contribution is -2.16. The Bertz CT molecular complexity index is 303. The van der Waals surface area contributed by atoms with Crippen molar-refractivity contribution in [1.29, 1.82) is 0 Å². The molecule has 5 heteroatoms. The first-order valence-electron chi connectivity index (χ1n) is 2.96. The quantitative estimate of drug-likeness (QED) is 0.520. The molecule has 56 valence electrons. The molecule has 0 aliphatic carbocycles. The molecule has 1 N–H and O–H groups in total. The van der Waals surface area contributed by atoms with E-state index in [1.165, 1.54) is 12.3 Å². The van der Waals surface area contributed by atoms with Crippen molar-refractivity contribution >= 4 is 35.2 Å². The van der Waals surface area contributed by atoms with Gasteiger partial charge in [-0.1, -0.05) is 5.46 Å². The number of carbonyl (C=O) groups is 1. The van der Waals surface area contributed by atoms with Crippen LogP contribution in [0.1, 0.15) is 10.4 Å². The molecule has 0 spiro atoms. The van der Waals surface area contributed by atoms with E-state index in [1.54, 1.807) is 7.85 Å². The van der Waals surface area contributed by atoms with Gasteiger partial charge in [0, 0.05) is 6.20 Å². The van der Waals surface area contributed by atoms with Crippen molar-refractivity contribution in [3.05, 3.63) is 22.4 Å². The molecule has 3 nitrogen and oxygen atoms in total. The Morgan fingerprint density at radius 2 is 2.36 bits per heavy atom. The number of aromatic carboxylic acids is 1. The predicted octanol–water partition coefficient (Wildman–Crippen LogP) is -0.199. The van der Waals surface area contributed by atoms with Crippen molar-refractivity contribution in [2.24, 2.45) is 0 Å². The van der Waals surface area contributed by atoms with Crippen LogP contribution in [0.2, 0.25) is 0 Å². The highest BCUT2D eigenvalue weighted by Crippen LogP contribution is 2.05. The Kier molecular flexibility index (Phi) is 2.29. The van der Waals surface area contributed by atoms with Crippen molar-refractivity contribution in [3.8, 4) is 0 Å². The van der Waals surface area contributed by atoms with Gasteiger partial charge in [0.2, 0.25) is 0 Å². The number of hydrogen-bond donors (Lipinski definition) is 1. The van der Waals surface area contributed by atoms with Gasteiger partial charge in [-0.15, -0.1) is 0 Å². The molecule has 1 heterocycles. The molecular weight excluding hydrogens is 209 g/mol. The molecule has 0 aliphatic rings. The summed E-state index contributed by atoms with van der Waals surface area (Å²) in [6, 6.07) is 1.48. The van der Waals surface area contributed by atoms with Gasteiger partial charge in [0.05, 0.1) is 5.56 Å². The molecule has 0 atom stereocenters. The van der Waals surface area contributed by atoms with Crippen LogP contribution in [0.25, 0.3) is 0 Å². The number of rotatable bonds is 1. The van der Waals surface area contributed by atoms with E-state index < -0.39 is 5.97 Å². The summed E-state index contributed by atoms with van der Waals surface area (Å²) in [6.07, 6.45) is 1.52. The number of nitrogens with zero attached hydrogens (tertiary/aromatic N) is 1. The number of halogens is 1. The Balaban J connectivity index is 3.23. The first-order valence-corrected chi connectivity index (χ1v) is 3.76. The van der Waals surface area contributed by atoms with Gasteiger partial charge in [0.1, 0.15) is 12.4 Å². The van der Waals surface area contributed by atoms with Crippen molar-refractivity contribution in [3.63, 3.8) is 0 Å². The lowest BCUT2D eigenvalue weighted by molar-refractivity contribution is 0.0698. The predicted molar refractivity (Wildman–Crippen MR) is 47.1 cm³/mol. The van der Waals surface area contributed by atoms with Crippen LogP contribution in [0.3, 0.4) is 0 Å². The van der Waals surface area contributed by atoms with Crippen molar-refractivity contribution < 1.29 is 9.90 Å². The zero-order valence-electron chi connectivity index (χ0n) is 5.84. The topological polar surface area (TPSA) is 50.2 Å². The van der Waals surface area contributed by atoms with Crippen LogP contribution < -0.4 is 5.46 Å². The average Bonchev–Trinajstić information content (AvgIpc) is 1.94. The van der Waals surface area contributed by atoms with E-state index in [0.717, 1.165) is 0 Å². The average molecular weight is 214 g/mol. The van der Waals surface area contributed by atoms with Crippen LogP contribution in [-0.2, 0) is 0 Å². The fourth-order valence-electron chi connectivity index (χ4n) is 0.729. The zero-order chi connectivity index (χ0) is 8.43. The molecule has 0 saturated heterocycles. The van der Waals surface area contributed by atoms with Crippen molar-refractivity contribution in [1.82, 2.24) is 4.98 Å². The SMILES string of the molecule is Bc1cnc(Br)cc1C(=O)O. The number of aromatic nitrogens is 1. The molecule has 0 aliphatic heterocycles. The summed E-state index contributed by atoms with van der Waals surface area (Å²) in [5, 5.41) is 8.64. The maximum Gasteiger partial charge on any atom is 0.335 e. The summed E-state index contributed by atoms with van der Waals surface area (Å²) in [5.74, 6) is -0.925. The van der Waals surface area contributed by atoms with Crippen LogP contribution in [0.4, 0.5) is 0 Å². The monoisotopic (exact) mass is 213 g/mol. The number of hydrogen-bond acceptors (Lipinski definition) is 2. The molecule has 1 aromatic heterocycles. The first-order chi connectivity index (χ1) is 5.11. The van der Waals surface area contributed by atoms with E-state index in [-0.39, 0.29) is 5.56 Å². The number of carboxylic acids is 1. The Labute approximate surface area is 73.0 Å². The van der Waals surface area contributed by atoms with E-state index in [1.807, 2.05) is 0 Å². The van der Waals surface area contributed by atoms with Gasteiger partial charge in [-0.3, -0.25) is 0 Å². The minimum absolute atomic E-state index is 0.284. The summed E-state index contributed by atoms with van der Waals surface area (Å²) < 4.78 is 0.542. The summed E-state index contributed by atoms with van der Waals surface area (Å²) in [6.45, 7) is 0. The first kappa shape index (κ1) is 8.26. The fraction of sp³-hybridized carbons (Fsp3) is 0. The van der Waals surface area contributed by atoms with Crippen LogP contribution in [0.15, 0.2) is 16.9 Å². The number of carboxylic acid groups (broad SMARTS) is 1. The lowest BCUT2D eigenvalue weighted by atomic mass is 9.93. The fourth-order valence-corrected chi connectivity index (χ4v) is 1.06. The highest BCUT2D eigenvalue weighted by molar-refractivity contribution is 9.10. The van der Waals surface area contributed by atoms with E-state index in [4.69, 9.17) is 5.11 Å². The molecule has 0 fully saturated rings. The molecule has 0 aromatic carbocycles. The minimum Gasteiger partial charge on any atom is -0.478 e. The Morgan fingerprint density at radius 3 is 2.82 bits per heavy atom. The largest absolute Gasteiger partial charge is 0.478 e. The summed E-state index contributed by atoms with van der Waals surface area (Å²) in [4.78, 5) is 14.4. The maximum absolute atomic E-state index is 10.5. The van der Waals surface area contributed by atoms with Gasteiger partial charge in [-0.05, 0) is 22.0 Å². The van der Waals surface area contributed by atoms with Gasteiger partial charge in [-0.25, -0.2) is 9.78 Å². The standard InChI is InChI=1S/C6H5BBrNO2/c7-4-2-9-5(8)1-3(4)6(10)11/h1-2H,7H2,(H,10,11). The third-order valence-corrected chi connectivity index (χ3v) is 1.73. The van der Waals surface area contributed by atoms with Gasteiger partial charge >= 0.3 is 5.97 Å². The summed E-state index contributed by atoms with van der Waals surface area (Å²) in [7, 11) is 1.71. The highest BCUT2D eigenvalue weighted by atomic mass is 79.9. The second kappa shape index (κ2) is 3.05. The summed E-state index contributed by atoms with van der Waals surface area (Å²) in [5.41, 5.74) is 0.951. The van der Waals surface area contributed by atoms with Crippen molar-refractivity contribution in [2.75, 3.05) is 0 Å². The number of pyridine rings is 1. The smallest absolute Gasteiger partial charge is 0.335 e. The summed E-state index contributed by atoms with van der Waals surface area (Å²) >= 11 is 3.09. The van der Waals surface area contributed by atoms with Crippen LogP contribution in [0, 0.1) is 0 Å². The normalized spacial score (nSPS) is 9.55. The van der Waals surface area contributed by atoms with Crippen molar-refractivity contribution in [2.45, 2.75) is 0 Å². The molecule has 0 unspecified atom stereocenters. The molecular formula is C6H5BBrNO2.